The lowest BCUT2D eigenvalue weighted by molar-refractivity contribution is 0.0697. The first-order valence-corrected chi connectivity index (χ1v) is 7.33. The van der Waals surface area contributed by atoms with E-state index < -0.39 is 5.97 Å². The summed E-state index contributed by atoms with van der Waals surface area (Å²) in [6.45, 7) is 0.443. The Labute approximate surface area is 129 Å². The van der Waals surface area contributed by atoms with Crippen molar-refractivity contribution in [1.82, 2.24) is 14.8 Å². The maximum atomic E-state index is 10.8. The maximum Gasteiger partial charge on any atom is 0.338 e. The van der Waals surface area contributed by atoms with E-state index in [2.05, 4.69) is 10.1 Å². The lowest BCUT2D eigenvalue weighted by Gasteiger charge is -1.98. The number of rotatable bonds is 4. The van der Waals surface area contributed by atoms with E-state index in [0.717, 1.165) is 16.3 Å². The van der Waals surface area contributed by atoms with Gasteiger partial charge in [0.25, 0.3) is 0 Å². The van der Waals surface area contributed by atoms with Gasteiger partial charge in [-0.05, 0) is 12.1 Å². The number of hydrogen-bond donors (Lipinski definition) is 1. The summed E-state index contributed by atoms with van der Waals surface area (Å²) >= 11 is 7.47. The van der Waals surface area contributed by atoms with Gasteiger partial charge in [-0.3, -0.25) is 4.68 Å². The van der Waals surface area contributed by atoms with Gasteiger partial charge in [0.15, 0.2) is 0 Å². The maximum absolute atomic E-state index is 10.8. The van der Waals surface area contributed by atoms with Crippen LogP contribution in [0.25, 0.3) is 11.3 Å². The van der Waals surface area contributed by atoms with Crippen molar-refractivity contribution in [3.05, 3.63) is 57.6 Å². The van der Waals surface area contributed by atoms with Gasteiger partial charge < -0.3 is 5.11 Å². The van der Waals surface area contributed by atoms with Crippen LogP contribution in [0.2, 0.25) is 5.02 Å². The molecule has 3 rings (SSSR count). The molecule has 0 spiro atoms. The van der Waals surface area contributed by atoms with Crippen LogP contribution in [0, 0.1) is 0 Å². The number of aromatic nitrogens is 3. The van der Waals surface area contributed by atoms with E-state index in [-0.39, 0.29) is 5.56 Å². The third kappa shape index (κ3) is 3.12. The molecule has 106 valence electrons. The molecule has 0 atom stereocenters. The molecule has 0 aliphatic carbocycles. The normalized spacial score (nSPS) is 10.7. The van der Waals surface area contributed by atoms with E-state index in [1.807, 2.05) is 29.6 Å². The number of carboxylic acids is 1. The number of carboxylic acid groups (broad SMARTS) is 1. The quantitative estimate of drug-likeness (QED) is 0.800. The summed E-state index contributed by atoms with van der Waals surface area (Å²) in [6.07, 6.45) is 2.82. The molecule has 0 saturated heterocycles. The van der Waals surface area contributed by atoms with Crippen LogP contribution in [-0.2, 0) is 6.54 Å². The Morgan fingerprint density at radius 1 is 1.43 bits per heavy atom. The molecule has 1 aromatic carbocycles. The first-order chi connectivity index (χ1) is 10.1. The second-order valence-corrected chi connectivity index (χ2v) is 5.75. The predicted molar refractivity (Wildman–Crippen MR) is 80.8 cm³/mol. The summed E-state index contributed by atoms with van der Waals surface area (Å²) < 4.78 is 1.56. The average molecular weight is 320 g/mol. The third-order valence-electron chi connectivity index (χ3n) is 2.85. The zero-order valence-corrected chi connectivity index (χ0v) is 12.3. The van der Waals surface area contributed by atoms with E-state index in [1.54, 1.807) is 4.68 Å². The summed E-state index contributed by atoms with van der Waals surface area (Å²) in [6, 6.07) is 7.50. The van der Waals surface area contributed by atoms with Crippen LogP contribution in [0.1, 0.15) is 15.4 Å². The monoisotopic (exact) mass is 319 g/mol. The molecule has 0 unspecified atom stereocenters. The molecule has 0 aliphatic rings. The Morgan fingerprint density at radius 3 is 3.00 bits per heavy atom. The van der Waals surface area contributed by atoms with Crippen LogP contribution in [0.4, 0.5) is 0 Å². The molecule has 0 amide bonds. The molecular weight excluding hydrogens is 310 g/mol. The van der Waals surface area contributed by atoms with Gasteiger partial charge >= 0.3 is 5.97 Å². The molecule has 0 aliphatic heterocycles. The zero-order chi connectivity index (χ0) is 14.8. The van der Waals surface area contributed by atoms with Crippen LogP contribution >= 0.6 is 22.9 Å². The Balaban J connectivity index is 1.80. The summed E-state index contributed by atoms with van der Waals surface area (Å²) in [5, 5.41) is 16.3. The van der Waals surface area contributed by atoms with Crippen molar-refractivity contribution in [2.75, 3.05) is 0 Å². The Hall–Kier alpha value is -2.18. The van der Waals surface area contributed by atoms with E-state index in [9.17, 15) is 4.79 Å². The SMILES string of the molecule is O=C(O)c1cnn(Cc2nc(-c3cccc(Cl)c3)cs2)c1. The summed E-state index contributed by atoms with van der Waals surface area (Å²) in [5.41, 5.74) is 1.97. The third-order valence-corrected chi connectivity index (χ3v) is 3.92. The molecule has 5 nitrogen and oxygen atoms in total. The van der Waals surface area contributed by atoms with E-state index >= 15 is 0 Å². The number of benzene rings is 1. The summed E-state index contributed by atoms with van der Waals surface area (Å²) in [4.78, 5) is 15.3. The number of thiazole rings is 1. The fourth-order valence-electron chi connectivity index (χ4n) is 1.86. The number of aromatic carboxylic acids is 1. The highest BCUT2D eigenvalue weighted by atomic mass is 35.5. The van der Waals surface area contributed by atoms with Gasteiger partial charge in [0, 0.05) is 22.2 Å². The molecule has 0 bridgehead atoms. The van der Waals surface area contributed by atoms with Gasteiger partial charge in [-0.15, -0.1) is 11.3 Å². The molecular formula is C14H10ClN3O2S. The largest absolute Gasteiger partial charge is 0.478 e. The van der Waals surface area contributed by atoms with Gasteiger partial charge in [-0.2, -0.15) is 5.10 Å². The van der Waals surface area contributed by atoms with Crippen molar-refractivity contribution in [2.24, 2.45) is 0 Å². The average Bonchev–Trinajstić information content (AvgIpc) is 3.08. The lowest BCUT2D eigenvalue weighted by Crippen LogP contribution is -2.00. The van der Waals surface area contributed by atoms with Crippen LogP contribution in [0.5, 0.6) is 0 Å². The van der Waals surface area contributed by atoms with Crippen molar-refractivity contribution in [3.63, 3.8) is 0 Å². The smallest absolute Gasteiger partial charge is 0.338 e. The second-order valence-electron chi connectivity index (χ2n) is 4.37. The molecule has 0 fully saturated rings. The van der Waals surface area contributed by atoms with Gasteiger partial charge in [0.2, 0.25) is 0 Å². The molecule has 0 saturated carbocycles. The summed E-state index contributed by atoms with van der Waals surface area (Å²) in [7, 11) is 0. The van der Waals surface area contributed by atoms with Crippen LogP contribution in [-0.4, -0.2) is 25.8 Å². The Bertz CT molecular complexity index is 797. The summed E-state index contributed by atoms with van der Waals surface area (Å²) in [5.74, 6) is -0.986. The Morgan fingerprint density at radius 2 is 2.29 bits per heavy atom. The van der Waals surface area contributed by atoms with Gasteiger partial charge in [0.1, 0.15) is 5.01 Å². The van der Waals surface area contributed by atoms with Gasteiger partial charge in [-0.1, -0.05) is 23.7 Å². The highest BCUT2D eigenvalue weighted by molar-refractivity contribution is 7.09. The van der Waals surface area contributed by atoms with Crippen LogP contribution < -0.4 is 0 Å². The first-order valence-electron chi connectivity index (χ1n) is 6.08. The van der Waals surface area contributed by atoms with Crippen LogP contribution in [0.15, 0.2) is 42.0 Å². The lowest BCUT2D eigenvalue weighted by atomic mass is 10.2. The number of hydrogen-bond acceptors (Lipinski definition) is 4. The van der Waals surface area contributed by atoms with Crippen molar-refractivity contribution in [1.29, 1.82) is 0 Å². The van der Waals surface area contributed by atoms with Crippen molar-refractivity contribution >= 4 is 28.9 Å². The standard InChI is InChI=1S/C14H10ClN3O2S/c15-11-3-1-2-9(4-11)12-8-21-13(17-12)7-18-6-10(5-16-18)14(19)20/h1-6,8H,7H2,(H,19,20). The highest BCUT2D eigenvalue weighted by Crippen LogP contribution is 2.24. The number of carbonyl (C=O) groups is 1. The molecule has 21 heavy (non-hydrogen) atoms. The van der Waals surface area contributed by atoms with Crippen molar-refractivity contribution in [2.45, 2.75) is 6.54 Å². The number of halogens is 1. The fourth-order valence-corrected chi connectivity index (χ4v) is 2.85. The van der Waals surface area contributed by atoms with Gasteiger partial charge in [0.05, 0.1) is 24.0 Å². The molecule has 0 radical (unpaired) electrons. The van der Waals surface area contributed by atoms with Crippen molar-refractivity contribution < 1.29 is 9.90 Å². The minimum absolute atomic E-state index is 0.168. The molecule has 7 heteroatoms. The highest BCUT2D eigenvalue weighted by Gasteiger charge is 2.09. The topological polar surface area (TPSA) is 68.0 Å². The Kier molecular flexibility index (Phi) is 3.72. The predicted octanol–water partition coefficient (Wildman–Crippen LogP) is 3.41. The minimum Gasteiger partial charge on any atom is -0.478 e. The molecule has 2 aromatic heterocycles. The number of nitrogens with zero attached hydrogens (tertiary/aromatic N) is 3. The van der Waals surface area contributed by atoms with Gasteiger partial charge in [-0.25, -0.2) is 9.78 Å². The second kappa shape index (κ2) is 5.67. The zero-order valence-electron chi connectivity index (χ0n) is 10.7. The molecule has 3 aromatic rings. The van der Waals surface area contributed by atoms with Crippen molar-refractivity contribution in [3.8, 4) is 11.3 Å². The van der Waals surface area contributed by atoms with E-state index in [0.29, 0.717) is 11.6 Å². The first kappa shape index (κ1) is 13.8. The molecule has 1 N–H and O–H groups in total. The minimum atomic E-state index is -0.986. The molecule has 2 heterocycles. The van der Waals surface area contributed by atoms with Crippen LogP contribution in [0.3, 0.4) is 0 Å². The fraction of sp³-hybridized carbons (Fsp3) is 0.0714. The van der Waals surface area contributed by atoms with E-state index in [4.69, 9.17) is 16.7 Å². The van der Waals surface area contributed by atoms with E-state index in [1.165, 1.54) is 23.7 Å².